The molecule has 0 saturated heterocycles. The minimum absolute atomic E-state index is 0.0114. The normalized spacial score (nSPS) is 18.4. The second-order valence-electron chi connectivity index (χ2n) is 10.8. The van der Waals surface area contributed by atoms with Crippen LogP contribution in [0.15, 0.2) is 22.8 Å². The summed E-state index contributed by atoms with van der Waals surface area (Å²) in [5, 5.41) is 26.1. The number of hydrogen-bond donors (Lipinski definition) is 2. The van der Waals surface area contributed by atoms with Crippen molar-refractivity contribution in [2.45, 2.75) is 84.2 Å². The summed E-state index contributed by atoms with van der Waals surface area (Å²) >= 11 is 3.59. The predicted octanol–water partition coefficient (Wildman–Crippen LogP) is 7.18. The quantitative estimate of drug-likeness (QED) is 0.349. The van der Waals surface area contributed by atoms with Gasteiger partial charge in [-0.3, -0.25) is 0 Å². The van der Waals surface area contributed by atoms with Crippen LogP contribution in [0.25, 0.3) is 0 Å². The molecule has 3 rings (SSSR count). The topological polar surface area (TPSA) is 107 Å². The fourth-order valence-electron chi connectivity index (χ4n) is 3.83. The minimum atomic E-state index is -1.95. The fourth-order valence-corrected chi connectivity index (χ4v) is 5.21. The first-order chi connectivity index (χ1) is 16.4. The van der Waals surface area contributed by atoms with Gasteiger partial charge in [-0.15, -0.1) is 0 Å². The Morgan fingerprint density at radius 2 is 1.91 bits per heavy atom. The summed E-state index contributed by atoms with van der Waals surface area (Å²) in [6.45, 7) is 13.4. The highest BCUT2D eigenvalue weighted by molar-refractivity contribution is 9.10. The molecule has 7 nitrogen and oxygen atoms in total. The number of benzene rings is 1. The first-order valence-electron chi connectivity index (χ1n) is 12.1. The summed E-state index contributed by atoms with van der Waals surface area (Å²) in [6.07, 6.45) is 5.85. The molecule has 186 valence electrons. The Kier molecular flexibility index (Phi) is 8.58. The number of halogens is 1. The van der Waals surface area contributed by atoms with Crippen LogP contribution in [0.1, 0.15) is 63.1 Å². The molecule has 9 heteroatoms. The highest BCUT2D eigenvalue weighted by atomic mass is 79.9. The van der Waals surface area contributed by atoms with Crippen LogP contribution in [-0.2, 0) is 11.0 Å². The van der Waals surface area contributed by atoms with E-state index < -0.39 is 8.32 Å². The van der Waals surface area contributed by atoms with Gasteiger partial charge in [-0.05, 0) is 71.5 Å². The second kappa shape index (κ2) is 11.1. The summed E-state index contributed by atoms with van der Waals surface area (Å²) in [4.78, 5) is 9.14. The van der Waals surface area contributed by atoms with E-state index in [1.54, 1.807) is 12.3 Å². The standard InChI is InChI=1S/C26H35BrN6OSi/c1-17-15-30-25(33-24(17)32-22-10-8-7-9-18(22)13-28)31-21-11-19(14-29)23(27)20(12-21)16-34-35(5,6)26(2,3)4/h11-12,15,18,22H,7-10,16H2,1-6H3,(H2,30,31,32,33)/t18-,22+/m0/s1. The fraction of sp³-hybridized carbons (Fsp3) is 0.538. The van der Waals surface area contributed by atoms with Gasteiger partial charge in [0.25, 0.3) is 0 Å². The van der Waals surface area contributed by atoms with E-state index in [9.17, 15) is 10.5 Å². The Hall–Kier alpha value is -2.46. The van der Waals surface area contributed by atoms with Gasteiger partial charge in [0.2, 0.25) is 5.95 Å². The van der Waals surface area contributed by atoms with Crippen molar-refractivity contribution in [1.82, 2.24) is 9.97 Å². The summed E-state index contributed by atoms with van der Waals surface area (Å²) in [5.74, 6) is 1.15. The SMILES string of the molecule is Cc1cnc(Nc2cc(C#N)c(Br)c(CO[Si](C)(C)C(C)(C)C)c2)nc1N[C@@H]1CCCC[C@H]1C#N. The van der Waals surface area contributed by atoms with Crippen molar-refractivity contribution in [2.75, 3.05) is 10.6 Å². The molecule has 0 aliphatic heterocycles. The number of nitriles is 2. The molecule has 1 heterocycles. The van der Waals surface area contributed by atoms with E-state index in [2.05, 4.69) is 77.6 Å². The second-order valence-corrected chi connectivity index (χ2v) is 16.4. The molecule has 1 aromatic heterocycles. The van der Waals surface area contributed by atoms with E-state index in [0.717, 1.165) is 52.8 Å². The average molecular weight is 556 g/mol. The molecular weight excluding hydrogens is 520 g/mol. The van der Waals surface area contributed by atoms with E-state index in [0.29, 0.717) is 18.1 Å². The zero-order valence-corrected chi connectivity index (χ0v) is 24.1. The third-order valence-corrected chi connectivity index (χ3v) is 12.6. The van der Waals surface area contributed by atoms with E-state index in [1.165, 1.54) is 0 Å². The maximum absolute atomic E-state index is 9.69. The first kappa shape index (κ1) is 27.1. The van der Waals surface area contributed by atoms with Crippen molar-refractivity contribution >= 4 is 41.7 Å². The van der Waals surface area contributed by atoms with Crippen molar-refractivity contribution in [2.24, 2.45) is 5.92 Å². The van der Waals surface area contributed by atoms with Gasteiger partial charge in [0, 0.05) is 28.0 Å². The maximum Gasteiger partial charge on any atom is 0.229 e. The zero-order chi connectivity index (χ0) is 25.8. The van der Waals surface area contributed by atoms with Crippen molar-refractivity contribution in [3.8, 4) is 12.1 Å². The largest absolute Gasteiger partial charge is 0.413 e. The third-order valence-electron chi connectivity index (χ3n) is 7.14. The molecule has 2 N–H and O–H groups in total. The summed E-state index contributed by atoms with van der Waals surface area (Å²) in [7, 11) is -1.95. The Morgan fingerprint density at radius 1 is 1.20 bits per heavy atom. The third kappa shape index (κ3) is 6.61. The van der Waals surface area contributed by atoms with Crippen LogP contribution >= 0.6 is 15.9 Å². The van der Waals surface area contributed by atoms with Crippen LogP contribution in [0.3, 0.4) is 0 Å². The smallest absolute Gasteiger partial charge is 0.229 e. The van der Waals surface area contributed by atoms with Crippen LogP contribution in [-0.4, -0.2) is 24.3 Å². The lowest BCUT2D eigenvalue weighted by Gasteiger charge is -2.36. The van der Waals surface area contributed by atoms with Crippen LogP contribution in [0.4, 0.5) is 17.5 Å². The molecule has 0 amide bonds. The Bertz CT molecular complexity index is 1150. The highest BCUT2D eigenvalue weighted by Gasteiger charge is 2.37. The molecule has 2 aromatic rings. The summed E-state index contributed by atoms with van der Waals surface area (Å²) < 4.78 is 7.16. The number of anilines is 3. The molecule has 1 fully saturated rings. The molecule has 1 saturated carbocycles. The van der Waals surface area contributed by atoms with Gasteiger partial charge in [-0.2, -0.15) is 15.5 Å². The molecule has 1 aliphatic rings. The van der Waals surface area contributed by atoms with Gasteiger partial charge in [0.05, 0.1) is 24.2 Å². The lowest BCUT2D eigenvalue weighted by Crippen LogP contribution is -2.40. The minimum Gasteiger partial charge on any atom is -0.413 e. The van der Waals surface area contributed by atoms with Crippen molar-refractivity contribution in [3.05, 3.63) is 39.5 Å². The molecule has 1 aromatic carbocycles. The van der Waals surface area contributed by atoms with Gasteiger partial charge in [-0.25, -0.2) is 4.98 Å². The first-order valence-corrected chi connectivity index (χ1v) is 15.8. The Morgan fingerprint density at radius 3 is 2.57 bits per heavy atom. The molecule has 35 heavy (non-hydrogen) atoms. The van der Waals surface area contributed by atoms with E-state index >= 15 is 0 Å². The molecule has 2 atom stereocenters. The number of hydrogen-bond acceptors (Lipinski definition) is 7. The van der Waals surface area contributed by atoms with Crippen molar-refractivity contribution < 1.29 is 4.43 Å². The number of rotatable bonds is 7. The van der Waals surface area contributed by atoms with Crippen molar-refractivity contribution in [1.29, 1.82) is 10.5 Å². The average Bonchev–Trinajstić information content (AvgIpc) is 2.81. The molecule has 0 bridgehead atoms. The Labute approximate surface area is 218 Å². The number of nitrogens with one attached hydrogen (secondary N) is 2. The van der Waals surface area contributed by atoms with E-state index in [4.69, 9.17) is 9.41 Å². The molecular formula is C26H35BrN6OSi. The van der Waals surface area contributed by atoms with Gasteiger partial charge >= 0.3 is 0 Å². The molecule has 0 unspecified atom stereocenters. The van der Waals surface area contributed by atoms with Crippen LogP contribution < -0.4 is 10.6 Å². The number of aromatic nitrogens is 2. The highest BCUT2D eigenvalue weighted by Crippen LogP contribution is 2.38. The van der Waals surface area contributed by atoms with Gasteiger partial charge < -0.3 is 15.1 Å². The Balaban J connectivity index is 1.83. The molecule has 0 spiro atoms. The lowest BCUT2D eigenvalue weighted by molar-refractivity contribution is 0.275. The van der Waals surface area contributed by atoms with Crippen LogP contribution in [0.5, 0.6) is 0 Å². The monoisotopic (exact) mass is 554 g/mol. The lowest BCUT2D eigenvalue weighted by atomic mass is 9.85. The number of nitrogens with zero attached hydrogens (tertiary/aromatic N) is 4. The van der Waals surface area contributed by atoms with Crippen LogP contribution in [0, 0.1) is 35.5 Å². The predicted molar refractivity (Wildman–Crippen MR) is 146 cm³/mol. The summed E-state index contributed by atoms with van der Waals surface area (Å²) in [6, 6.07) is 8.54. The number of aryl methyl sites for hydroxylation is 1. The molecule has 0 radical (unpaired) electrons. The van der Waals surface area contributed by atoms with E-state index in [1.807, 2.05) is 13.0 Å². The van der Waals surface area contributed by atoms with Crippen molar-refractivity contribution in [3.63, 3.8) is 0 Å². The maximum atomic E-state index is 9.69. The molecule has 1 aliphatic carbocycles. The van der Waals surface area contributed by atoms with Gasteiger partial charge in [-0.1, -0.05) is 33.6 Å². The van der Waals surface area contributed by atoms with Gasteiger partial charge in [0.15, 0.2) is 8.32 Å². The van der Waals surface area contributed by atoms with Crippen LogP contribution in [0.2, 0.25) is 18.1 Å². The van der Waals surface area contributed by atoms with Gasteiger partial charge in [0.1, 0.15) is 11.9 Å². The van der Waals surface area contributed by atoms with E-state index in [-0.39, 0.29) is 17.0 Å². The zero-order valence-electron chi connectivity index (χ0n) is 21.5. The summed E-state index contributed by atoms with van der Waals surface area (Å²) in [5.41, 5.74) is 3.07.